The Labute approximate surface area is 205 Å². The van der Waals surface area contributed by atoms with E-state index in [2.05, 4.69) is 15.6 Å². The number of hydrogen-bond donors (Lipinski definition) is 4. The van der Waals surface area contributed by atoms with Crippen molar-refractivity contribution in [2.75, 3.05) is 10.4 Å². The van der Waals surface area contributed by atoms with E-state index in [-0.39, 0.29) is 28.3 Å². The predicted octanol–water partition coefficient (Wildman–Crippen LogP) is 4.26. The average molecular weight is 486 g/mol. The highest BCUT2D eigenvalue weighted by atomic mass is 16.4. The van der Waals surface area contributed by atoms with E-state index < -0.39 is 23.4 Å². The second-order valence-corrected chi connectivity index (χ2v) is 8.22. The summed E-state index contributed by atoms with van der Waals surface area (Å²) in [5, 5.41) is 39.2. The van der Waals surface area contributed by atoms with Crippen molar-refractivity contribution in [2.24, 2.45) is 10.2 Å². The number of para-hydroxylation sites is 1. The molecule has 4 N–H and O–H groups in total. The molecule has 1 aliphatic rings. The van der Waals surface area contributed by atoms with E-state index in [0.29, 0.717) is 17.0 Å². The number of carboxylic acids is 2. The quantitative estimate of drug-likeness (QED) is 0.300. The van der Waals surface area contributed by atoms with Gasteiger partial charge in [-0.2, -0.15) is 15.2 Å². The lowest BCUT2D eigenvalue weighted by Gasteiger charge is -2.13. The number of nitrogens with zero attached hydrogens (tertiary/aromatic N) is 3. The van der Waals surface area contributed by atoms with Gasteiger partial charge in [-0.1, -0.05) is 24.3 Å². The Morgan fingerprint density at radius 1 is 0.917 bits per heavy atom. The van der Waals surface area contributed by atoms with Crippen molar-refractivity contribution < 1.29 is 29.7 Å². The van der Waals surface area contributed by atoms with Crippen molar-refractivity contribution in [3.8, 4) is 16.9 Å². The lowest BCUT2D eigenvalue weighted by atomic mass is 9.98. The summed E-state index contributed by atoms with van der Waals surface area (Å²) in [6, 6.07) is 14.0. The summed E-state index contributed by atoms with van der Waals surface area (Å²) in [4.78, 5) is 35.8. The van der Waals surface area contributed by atoms with Crippen LogP contribution in [0.15, 0.2) is 64.8 Å². The maximum Gasteiger partial charge on any atom is 0.336 e. The van der Waals surface area contributed by atoms with E-state index >= 15 is 0 Å². The van der Waals surface area contributed by atoms with E-state index in [4.69, 9.17) is 0 Å². The van der Waals surface area contributed by atoms with E-state index in [1.165, 1.54) is 29.3 Å². The Kier molecular flexibility index (Phi) is 6.26. The molecule has 10 nitrogen and oxygen atoms in total. The van der Waals surface area contributed by atoms with Gasteiger partial charge in [0, 0.05) is 5.56 Å². The van der Waals surface area contributed by atoms with E-state index in [1.807, 2.05) is 26.0 Å². The Morgan fingerprint density at radius 3 is 2.31 bits per heavy atom. The molecule has 0 saturated heterocycles. The summed E-state index contributed by atoms with van der Waals surface area (Å²) in [5.74, 6) is -3.47. The van der Waals surface area contributed by atoms with Gasteiger partial charge in [0.15, 0.2) is 5.71 Å². The van der Waals surface area contributed by atoms with Crippen LogP contribution in [-0.4, -0.2) is 44.6 Å². The SMILES string of the molecule is CC1=NN(c2ccc(C)c(C)c2)C(=O)/C1=N\Nc1cccc(-c2ccc(C(=O)O)c(C(=O)O)c2)c1O. The number of nitrogens with one attached hydrogen (secondary N) is 1. The van der Waals surface area contributed by atoms with Gasteiger partial charge in [-0.25, -0.2) is 9.59 Å². The first-order chi connectivity index (χ1) is 17.1. The van der Waals surface area contributed by atoms with Crippen molar-refractivity contribution in [1.29, 1.82) is 0 Å². The molecule has 0 unspecified atom stereocenters. The number of hydrogen-bond acceptors (Lipinski definition) is 7. The number of anilines is 2. The Morgan fingerprint density at radius 2 is 1.64 bits per heavy atom. The van der Waals surface area contributed by atoms with E-state index in [0.717, 1.165) is 11.1 Å². The maximum absolute atomic E-state index is 13.0. The molecule has 0 bridgehead atoms. The van der Waals surface area contributed by atoms with Crippen molar-refractivity contribution >= 4 is 40.6 Å². The van der Waals surface area contributed by atoms with Crippen molar-refractivity contribution in [2.45, 2.75) is 20.8 Å². The highest BCUT2D eigenvalue weighted by Gasteiger charge is 2.31. The molecule has 0 radical (unpaired) electrons. The van der Waals surface area contributed by atoms with Crippen LogP contribution in [0.5, 0.6) is 5.75 Å². The van der Waals surface area contributed by atoms with Crippen LogP contribution in [0.3, 0.4) is 0 Å². The van der Waals surface area contributed by atoms with E-state index in [1.54, 1.807) is 25.1 Å². The molecule has 4 rings (SSSR count). The van der Waals surface area contributed by atoms with Crippen LogP contribution in [0.1, 0.15) is 38.8 Å². The first-order valence-corrected chi connectivity index (χ1v) is 10.8. The summed E-state index contributed by atoms with van der Waals surface area (Å²) in [5.41, 5.74) is 5.77. The van der Waals surface area contributed by atoms with Crippen LogP contribution in [0, 0.1) is 13.8 Å². The fourth-order valence-electron chi connectivity index (χ4n) is 3.72. The zero-order valence-corrected chi connectivity index (χ0v) is 19.6. The number of hydrazone groups is 2. The first kappa shape index (κ1) is 24.1. The number of carboxylic acid groups (broad SMARTS) is 2. The minimum Gasteiger partial charge on any atom is -0.505 e. The molecule has 3 aromatic carbocycles. The topological polar surface area (TPSA) is 152 Å². The van der Waals surface area contributed by atoms with Gasteiger partial charge in [-0.15, -0.1) is 0 Å². The molecule has 0 saturated carbocycles. The number of amides is 1. The molecular weight excluding hydrogens is 464 g/mol. The van der Waals surface area contributed by atoms with Gasteiger partial charge >= 0.3 is 17.8 Å². The Balaban J connectivity index is 1.63. The summed E-state index contributed by atoms with van der Waals surface area (Å²) in [6.45, 7) is 5.56. The molecule has 10 heteroatoms. The second-order valence-electron chi connectivity index (χ2n) is 8.22. The number of carbonyl (C=O) groups excluding carboxylic acids is 1. The largest absolute Gasteiger partial charge is 0.505 e. The second kappa shape index (κ2) is 9.34. The fraction of sp³-hybridized carbons (Fsp3) is 0.115. The molecule has 1 amide bonds. The lowest BCUT2D eigenvalue weighted by Crippen LogP contribution is -2.28. The van der Waals surface area contributed by atoms with E-state index in [9.17, 15) is 29.7 Å². The first-order valence-electron chi connectivity index (χ1n) is 10.8. The number of aryl methyl sites for hydroxylation is 2. The average Bonchev–Trinajstić information content (AvgIpc) is 3.12. The minimum atomic E-state index is -1.41. The third-order valence-electron chi connectivity index (χ3n) is 5.84. The Hall–Kier alpha value is -4.99. The molecule has 182 valence electrons. The number of aromatic carboxylic acids is 2. The molecule has 1 heterocycles. The van der Waals surface area contributed by atoms with Crippen molar-refractivity contribution in [1.82, 2.24) is 0 Å². The van der Waals surface area contributed by atoms with Crippen LogP contribution in [0.4, 0.5) is 11.4 Å². The third-order valence-corrected chi connectivity index (χ3v) is 5.84. The van der Waals surface area contributed by atoms with Gasteiger partial charge < -0.3 is 15.3 Å². The third kappa shape index (κ3) is 4.39. The van der Waals surface area contributed by atoms with Crippen molar-refractivity contribution in [3.63, 3.8) is 0 Å². The van der Waals surface area contributed by atoms with Gasteiger partial charge in [0.1, 0.15) is 5.75 Å². The summed E-state index contributed by atoms with van der Waals surface area (Å²) >= 11 is 0. The van der Waals surface area contributed by atoms with Gasteiger partial charge in [0.25, 0.3) is 0 Å². The van der Waals surface area contributed by atoms with Crippen LogP contribution < -0.4 is 10.4 Å². The zero-order chi connectivity index (χ0) is 26.1. The number of benzene rings is 3. The fourth-order valence-corrected chi connectivity index (χ4v) is 3.72. The summed E-state index contributed by atoms with van der Waals surface area (Å²) in [6.07, 6.45) is 0. The standard InChI is InChI=1S/C26H22N4O6/c1-13-7-9-17(11-14(13)2)30-24(32)22(15(3)29-30)28-27-21-6-4-5-18(23(21)31)16-8-10-19(25(33)34)20(12-16)26(35)36/h4-12,27,31H,1-3H3,(H,33,34)(H,35,36)/b28-22-. The van der Waals surface area contributed by atoms with Gasteiger partial charge in [-0.05, 0) is 67.8 Å². The normalized spacial score (nSPS) is 14.2. The zero-order valence-electron chi connectivity index (χ0n) is 19.6. The Bertz CT molecular complexity index is 1490. The van der Waals surface area contributed by atoms with Crippen LogP contribution in [0.2, 0.25) is 0 Å². The summed E-state index contributed by atoms with van der Waals surface area (Å²) < 4.78 is 0. The van der Waals surface area contributed by atoms with Gasteiger partial charge in [0.05, 0.1) is 28.2 Å². The predicted molar refractivity (Wildman–Crippen MR) is 135 cm³/mol. The van der Waals surface area contributed by atoms with Gasteiger partial charge in [0.2, 0.25) is 0 Å². The molecule has 0 aliphatic carbocycles. The number of carbonyl (C=O) groups is 3. The molecule has 0 spiro atoms. The highest BCUT2D eigenvalue weighted by molar-refractivity contribution is 6.71. The summed E-state index contributed by atoms with van der Waals surface area (Å²) in [7, 11) is 0. The molecule has 0 aromatic heterocycles. The smallest absolute Gasteiger partial charge is 0.336 e. The molecular formula is C26H22N4O6. The number of phenols is 1. The number of phenolic OH excluding ortho intramolecular Hbond substituents is 1. The monoisotopic (exact) mass is 486 g/mol. The molecule has 3 aromatic rings. The molecule has 0 atom stereocenters. The maximum atomic E-state index is 13.0. The molecule has 36 heavy (non-hydrogen) atoms. The van der Waals surface area contributed by atoms with Crippen LogP contribution in [0.25, 0.3) is 11.1 Å². The van der Waals surface area contributed by atoms with Crippen LogP contribution >= 0.6 is 0 Å². The number of rotatable bonds is 6. The van der Waals surface area contributed by atoms with Crippen LogP contribution in [-0.2, 0) is 4.79 Å². The van der Waals surface area contributed by atoms with Crippen molar-refractivity contribution in [3.05, 3.63) is 76.9 Å². The molecule has 1 aliphatic heterocycles. The van der Waals surface area contributed by atoms with Gasteiger partial charge in [-0.3, -0.25) is 10.2 Å². The number of aromatic hydroxyl groups is 1. The minimum absolute atomic E-state index is 0.0667. The lowest BCUT2D eigenvalue weighted by molar-refractivity contribution is -0.112. The molecule has 0 fully saturated rings. The highest BCUT2D eigenvalue weighted by Crippen LogP contribution is 2.36.